The van der Waals surface area contributed by atoms with E-state index in [2.05, 4.69) is 25.9 Å². The molecule has 1 aliphatic heterocycles. The zero-order valence-electron chi connectivity index (χ0n) is 11.2. The topological polar surface area (TPSA) is 96.0 Å². The first kappa shape index (κ1) is 13.3. The second-order valence-electron chi connectivity index (χ2n) is 4.49. The highest BCUT2D eigenvalue weighted by atomic mass is 16.2. The molecule has 7 heteroatoms. The first-order chi connectivity index (χ1) is 9.01. The minimum absolute atomic E-state index is 0.227. The molecule has 1 aliphatic rings. The van der Waals surface area contributed by atoms with Crippen molar-refractivity contribution in [3.8, 4) is 0 Å². The quantitative estimate of drug-likeness (QED) is 0.681. The van der Waals surface area contributed by atoms with Crippen molar-refractivity contribution < 1.29 is 9.59 Å². The van der Waals surface area contributed by atoms with Crippen LogP contribution in [0.15, 0.2) is 0 Å². The normalized spacial score (nSPS) is 19.0. The van der Waals surface area contributed by atoms with E-state index < -0.39 is 6.04 Å². The summed E-state index contributed by atoms with van der Waals surface area (Å²) in [7, 11) is 1.78. The third-order valence-corrected chi connectivity index (χ3v) is 3.04. The van der Waals surface area contributed by atoms with Gasteiger partial charge in [-0.15, -0.1) is 0 Å². The SMILES string of the molecule is CNc1nc(C)nc(NC2CCC(=O)NC2=O)c1C. The van der Waals surface area contributed by atoms with E-state index in [1.165, 1.54) is 0 Å². The maximum atomic E-state index is 11.7. The summed E-state index contributed by atoms with van der Waals surface area (Å²) in [6, 6.07) is -0.435. The molecular formula is C12H17N5O2. The zero-order chi connectivity index (χ0) is 14.0. The van der Waals surface area contributed by atoms with Gasteiger partial charge in [-0.2, -0.15) is 0 Å². The molecule has 19 heavy (non-hydrogen) atoms. The fraction of sp³-hybridized carbons (Fsp3) is 0.500. The Morgan fingerprint density at radius 2 is 1.89 bits per heavy atom. The third kappa shape index (κ3) is 2.81. The Bertz CT molecular complexity index is 529. The summed E-state index contributed by atoms with van der Waals surface area (Å²) >= 11 is 0. The highest BCUT2D eigenvalue weighted by molar-refractivity contribution is 6.01. The van der Waals surface area contributed by atoms with Crippen LogP contribution < -0.4 is 16.0 Å². The third-order valence-electron chi connectivity index (χ3n) is 3.04. The van der Waals surface area contributed by atoms with Gasteiger partial charge in [0.25, 0.3) is 0 Å². The van der Waals surface area contributed by atoms with Crippen LogP contribution in [0.2, 0.25) is 0 Å². The van der Waals surface area contributed by atoms with Crippen molar-refractivity contribution in [2.24, 2.45) is 0 Å². The molecule has 1 atom stereocenters. The standard InChI is InChI=1S/C12H17N5O2/c1-6-10(13-3)14-7(2)15-11(6)16-8-4-5-9(18)17-12(8)19/h8H,4-5H2,1-3H3,(H,17,18,19)(H2,13,14,15,16). The minimum atomic E-state index is -0.435. The minimum Gasteiger partial charge on any atom is -0.373 e. The molecular weight excluding hydrogens is 246 g/mol. The fourth-order valence-corrected chi connectivity index (χ4v) is 2.01. The molecule has 2 amide bonds. The number of nitrogens with zero attached hydrogens (tertiary/aromatic N) is 2. The zero-order valence-corrected chi connectivity index (χ0v) is 11.2. The molecule has 1 fully saturated rings. The van der Waals surface area contributed by atoms with Gasteiger partial charge in [0.1, 0.15) is 23.5 Å². The Balaban J connectivity index is 2.21. The lowest BCUT2D eigenvalue weighted by molar-refractivity contribution is -0.133. The molecule has 102 valence electrons. The van der Waals surface area contributed by atoms with E-state index in [1.807, 2.05) is 6.92 Å². The summed E-state index contributed by atoms with van der Waals surface area (Å²) < 4.78 is 0. The van der Waals surface area contributed by atoms with Crippen LogP contribution in [0.4, 0.5) is 11.6 Å². The number of aromatic nitrogens is 2. The van der Waals surface area contributed by atoms with Gasteiger partial charge in [0, 0.05) is 19.0 Å². The van der Waals surface area contributed by atoms with Gasteiger partial charge in [-0.3, -0.25) is 14.9 Å². The molecule has 0 saturated carbocycles. The van der Waals surface area contributed by atoms with Crippen molar-refractivity contribution in [3.63, 3.8) is 0 Å². The molecule has 0 aromatic carbocycles. The summed E-state index contributed by atoms with van der Waals surface area (Å²) in [5.74, 6) is 1.42. The molecule has 1 aromatic heterocycles. The van der Waals surface area contributed by atoms with Gasteiger partial charge in [0.05, 0.1) is 0 Å². The average Bonchev–Trinajstić information content (AvgIpc) is 2.36. The predicted molar refractivity (Wildman–Crippen MR) is 70.8 cm³/mol. The Hall–Kier alpha value is -2.18. The number of imide groups is 1. The second kappa shape index (κ2) is 5.21. The Kier molecular flexibility index (Phi) is 3.64. The van der Waals surface area contributed by atoms with Gasteiger partial charge >= 0.3 is 0 Å². The van der Waals surface area contributed by atoms with Gasteiger partial charge < -0.3 is 10.6 Å². The largest absolute Gasteiger partial charge is 0.373 e. The lowest BCUT2D eigenvalue weighted by Gasteiger charge is -2.23. The van der Waals surface area contributed by atoms with Gasteiger partial charge in [-0.1, -0.05) is 0 Å². The van der Waals surface area contributed by atoms with Crippen LogP contribution >= 0.6 is 0 Å². The molecule has 2 rings (SSSR count). The summed E-state index contributed by atoms with van der Waals surface area (Å²) in [6.07, 6.45) is 0.813. The number of amides is 2. The number of carbonyl (C=O) groups is 2. The monoisotopic (exact) mass is 263 g/mol. The smallest absolute Gasteiger partial charge is 0.249 e. The molecule has 0 spiro atoms. The van der Waals surface area contributed by atoms with Crippen LogP contribution in [-0.4, -0.2) is 34.9 Å². The van der Waals surface area contributed by atoms with E-state index in [1.54, 1.807) is 14.0 Å². The van der Waals surface area contributed by atoms with Crippen molar-refractivity contribution in [2.45, 2.75) is 32.7 Å². The molecule has 3 N–H and O–H groups in total. The van der Waals surface area contributed by atoms with Gasteiger partial charge in [-0.25, -0.2) is 9.97 Å². The van der Waals surface area contributed by atoms with E-state index in [4.69, 9.17) is 0 Å². The van der Waals surface area contributed by atoms with Crippen LogP contribution in [0.3, 0.4) is 0 Å². The predicted octanol–water partition coefficient (Wildman–Crippen LogP) is 0.352. The van der Waals surface area contributed by atoms with E-state index in [9.17, 15) is 9.59 Å². The van der Waals surface area contributed by atoms with Gasteiger partial charge in [0.15, 0.2) is 0 Å². The molecule has 0 radical (unpaired) electrons. The van der Waals surface area contributed by atoms with E-state index in [-0.39, 0.29) is 11.8 Å². The second-order valence-corrected chi connectivity index (χ2v) is 4.49. The average molecular weight is 263 g/mol. The van der Waals surface area contributed by atoms with Crippen molar-refractivity contribution in [1.82, 2.24) is 15.3 Å². The summed E-state index contributed by atoms with van der Waals surface area (Å²) in [5.41, 5.74) is 0.845. The van der Waals surface area contributed by atoms with Crippen LogP contribution in [0.5, 0.6) is 0 Å². The van der Waals surface area contributed by atoms with Gasteiger partial charge in [0.2, 0.25) is 11.8 Å². The molecule has 7 nitrogen and oxygen atoms in total. The first-order valence-corrected chi connectivity index (χ1v) is 6.14. The molecule has 0 aliphatic carbocycles. The highest BCUT2D eigenvalue weighted by Crippen LogP contribution is 2.21. The number of nitrogens with one attached hydrogen (secondary N) is 3. The lowest BCUT2D eigenvalue weighted by Crippen LogP contribution is -2.47. The Morgan fingerprint density at radius 3 is 2.53 bits per heavy atom. The van der Waals surface area contributed by atoms with E-state index >= 15 is 0 Å². The van der Waals surface area contributed by atoms with E-state index in [0.717, 1.165) is 11.4 Å². The number of anilines is 2. The number of aryl methyl sites for hydroxylation is 1. The lowest BCUT2D eigenvalue weighted by atomic mass is 10.1. The number of hydrogen-bond donors (Lipinski definition) is 3. The summed E-state index contributed by atoms with van der Waals surface area (Å²) in [6.45, 7) is 3.66. The van der Waals surface area contributed by atoms with Gasteiger partial charge in [-0.05, 0) is 20.3 Å². The molecule has 2 heterocycles. The van der Waals surface area contributed by atoms with Crippen LogP contribution in [0, 0.1) is 13.8 Å². The van der Waals surface area contributed by atoms with Crippen LogP contribution in [0.25, 0.3) is 0 Å². The van der Waals surface area contributed by atoms with Crippen LogP contribution in [0.1, 0.15) is 24.2 Å². The summed E-state index contributed by atoms with van der Waals surface area (Å²) in [5, 5.41) is 8.38. The highest BCUT2D eigenvalue weighted by Gasteiger charge is 2.27. The number of carbonyl (C=O) groups excluding carboxylic acids is 2. The van der Waals surface area contributed by atoms with Crippen molar-refractivity contribution in [3.05, 3.63) is 11.4 Å². The molecule has 1 unspecified atom stereocenters. The maximum absolute atomic E-state index is 11.7. The number of hydrogen-bond acceptors (Lipinski definition) is 6. The Morgan fingerprint density at radius 1 is 1.21 bits per heavy atom. The molecule has 1 aromatic rings. The number of rotatable bonds is 3. The van der Waals surface area contributed by atoms with Crippen LogP contribution in [-0.2, 0) is 9.59 Å². The summed E-state index contributed by atoms with van der Waals surface area (Å²) in [4.78, 5) is 31.4. The van der Waals surface area contributed by atoms with Crippen molar-refractivity contribution in [1.29, 1.82) is 0 Å². The maximum Gasteiger partial charge on any atom is 0.249 e. The van der Waals surface area contributed by atoms with E-state index in [0.29, 0.717) is 24.5 Å². The fourth-order valence-electron chi connectivity index (χ4n) is 2.01. The van der Waals surface area contributed by atoms with Crippen molar-refractivity contribution in [2.75, 3.05) is 17.7 Å². The first-order valence-electron chi connectivity index (χ1n) is 6.14. The molecule has 0 bridgehead atoms. The molecule has 1 saturated heterocycles. The van der Waals surface area contributed by atoms with Crippen molar-refractivity contribution >= 4 is 23.5 Å². The number of piperidine rings is 1. The Labute approximate surface area is 111 Å².